The van der Waals surface area contributed by atoms with E-state index in [1.165, 1.54) is 0 Å². The number of nitrogens with zero attached hydrogens (tertiary/aromatic N) is 1. The Balaban J connectivity index is 2.61. The minimum Gasteiger partial charge on any atom is -0.493 e. The third-order valence-electron chi connectivity index (χ3n) is 3.37. The van der Waals surface area contributed by atoms with Crippen molar-refractivity contribution in [3.05, 3.63) is 17.7 Å². The normalized spacial score (nSPS) is 11.1. The molecular weight excluding hydrogens is 310 g/mol. The van der Waals surface area contributed by atoms with E-state index in [4.69, 9.17) is 18.9 Å². The summed E-state index contributed by atoms with van der Waals surface area (Å²) in [4.78, 5) is 4.21. The molecular formula is C17H29N3O4. The molecule has 0 aliphatic heterocycles. The van der Waals surface area contributed by atoms with Crippen LogP contribution < -0.4 is 24.8 Å². The topological polar surface area (TPSA) is 73.3 Å². The van der Waals surface area contributed by atoms with E-state index < -0.39 is 0 Å². The fourth-order valence-corrected chi connectivity index (χ4v) is 2.17. The van der Waals surface area contributed by atoms with Crippen LogP contribution in [0.3, 0.4) is 0 Å². The molecule has 7 heteroatoms. The number of hydrogen-bond acceptors (Lipinski definition) is 5. The first kappa shape index (κ1) is 19.9. The summed E-state index contributed by atoms with van der Waals surface area (Å²) >= 11 is 0. The molecule has 1 aromatic rings. The zero-order valence-electron chi connectivity index (χ0n) is 15.3. The van der Waals surface area contributed by atoms with Crippen LogP contribution in [0.2, 0.25) is 0 Å². The van der Waals surface area contributed by atoms with Crippen LogP contribution in [0.4, 0.5) is 0 Å². The third kappa shape index (κ3) is 6.16. The summed E-state index contributed by atoms with van der Waals surface area (Å²) in [5.74, 6) is 2.59. The molecule has 0 aliphatic carbocycles. The second-order valence-corrected chi connectivity index (χ2v) is 4.94. The molecule has 2 N–H and O–H groups in total. The maximum Gasteiger partial charge on any atom is 0.203 e. The van der Waals surface area contributed by atoms with Crippen molar-refractivity contribution in [2.75, 3.05) is 48.1 Å². The lowest BCUT2D eigenvalue weighted by atomic mass is 10.2. The maximum atomic E-state index is 5.36. The van der Waals surface area contributed by atoms with Gasteiger partial charge in [-0.15, -0.1) is 0 Å². The second kappa shape index (κ2) is 11.4. The smallest absolute Gasteiger partial charge is 0.203 e. The number of nitrogens with one attached hydrogen (secondary N) is 2. The van der Waals surface area contributed by atoms with Crippen molar-refractivity contribution in [3.63, 3.8) is 0 Å². The van der Waals surface area contributed by atoms with Crippen LogP contribution in [0.5, 0.6) is 17.2 Å². The van der Waals surface area contributed by atoms with Crippen LogP contribution >= 0.6 is 0 Å². The van der Waals surface area contributed by atoms with Crippen molar-refractivity contribution in [2.45, 2.75) is 19.9 Å². The number of guanidine groups is 1. The van der Waals surface area contributed by atoms with E-state index in [9.17, 15) is 0 Å². The van der Waals surface area contributed by atoms with E-state index in [-0.39, 0.29) is 0 Å². The fourth-order valence-electron chi connectivity index (χ4n) is 2.17. The highest BCUT2D eigenvalue weighted by Crippen LogP contribution is 2.38. The monoisotopic (exact) mass is 339 g/mol. The highest BCUT2D eigenvalue weighted by molar-refractivity contribution is 5.79. The Morgan fingerprint density at radius 1 is 1.04 bits per heavy atom. The van der Waals surface area contributed by atoms with Crippen molar-refractivity contribution in [1.82, 2.24) is 10.6 Å². The van der Waals surface area contributed by atoms with E-state index in [0.717, 1.165) is 37.7 Å². The van der Waals surface area contributed by atoms with Crippen molar-refractivity contribution in [2.24, 2.45) is 4.99 Å². The van der Waals surface area contributed by atoms with Crippen molar-refractivity contribution >= 4 is 5.96 Å². The average Bonchev–Trinajstić information content (AvgIpc) is 2.62. The number of methoxy groups -OCH3 is 3. The summed E-state index contributed by atoms with van der Waals surface area (Å²) in [7, 11) is 6.54. The Labute approximate surface area is 144 Å². The van der Waals surface area contributed by atoms with Crippen LogP contribution in [-0.2, 0) is 11.3 Å². The summed E-state index contributed by atoms with van der Waals surface area (Å²) in [5.41, 5.74) is 1.00. The molecule has 0 heterocycles. The minimum atomic E-state index is 0.585. The predicted octanol–water partition coefficient (Wildman–Crippen LogP) is 1.80. The van der Waals surface area contributed by atoms with E-state index in [2.05, 4.69) is 15.6 Å². The lowest BCUT2D eigenvalue weighted by Gasteiger charge is -2.16. The highest BCUT2D eigenvalue weighted by Gasteiger charge is 2.13. The summed E-state index contributed by atoms with van der Waals surface area (Å²) in [6, 6.07) is 3.83. The standard InChI is InChI=1S/C17H29N3O4/c1-6-24-9-7-8-19-17(18-2)20-12-13-10-14(21-3)16(23-5)15(11-13)22-4/h10-11H,6-9,12H2,1-5H3,(H2,18,19,20). The largest absolute Gasteiger partial charge is 0.493 e. The second-order valence-electron chi connectivity index (χ2n) is 4.94. The number of hydrogen-bond donors (Lipinski definition) is 2. The van der Waals surface area contributed by atoms with E-state index in [1.807, 2.05) is 19.1 Å². The van der Waals surface area contributed by atoms with E-state index >= 15 is 0 Å². The number of benzene rings is 1. The van der Waals surface area contributed by atoms with Crippen LogP contribution in [0.1, 0.15) is 18.9 Å². The average molecular weight is 339 g/mol. The van der Waals surface area contributed by atoms with Gasteiger partial charge >= 0.3 is 0 Å². The van der Waals surface area contributed by atoms with E-state index in [1.54, 1.807) is 28.4 Å². The van der Waals surface area contributed by atoms with Crippen LogP contribution in [0, 0.1) is 0 Å². The van der Waals surface area contributed by atoms with Crippen molar-refractivity contribution < 1.29 is 18.9 Å². The Morgan fingerprint density at radius 2 is 1.71 bits per heavy atom. The van der Waals surface area contributed by atoms with Crippen molar-refractivity contribution in [3.8, 4) is 17.2 Å². The summed E-state index contributed by atoms with van der Waals surface area (Å²) in [6.45, 7) is 4.86. The molecule has 24 heavy (non-hydrogen) atoms. The zero-order valence-corrected chi connectivity index (χ0v) is 15.3. The molecule has 1 aromatic carbocycles. The zero-order chi connectivity index (χ0) is 17.8. The fraction of sp³-hybridized carbons (Fsp3) is 0.588. The van der Waals surface area contributed by atoms with Gasteiger partial charge < -0.3 is 29.6 Å². The Hall–Kier alpha value is -2.15. The minimum absolute atomic E-state index is 0.585. The van der Waals surface area contributed by atoms with Gasteiger partial charge in [0.2, 0.25) is 5.75 Å². The molecule has 0 saturated carbocycles. The maximum absolute atomic E-state index is 5.36. The lowest BCUT2D eigenvalue weighted by Crippen LogP contribution is -2.37. The molecule has 0 aliphatic rings. The molecule has 0 fully saturated rings. The van der Waals surface area contributed by atoms with Crippen LogP contribution in [0.25, 0.3) is 0 Å². The SMILES string of the molecule is CCOCCCNC(=NC)NCc1cc(OC)c(OC)c(OC)c1. The van der Waals surface area contributed by atoms with E-state index in [0.29, 0.717) is 23.8 Å². The van der Waals surface area contributed by atoms with Gasteiger partial charge in [-0.1, -0.05) is 0 Å². The molecule has 136 valence electrons. The van der Waals surface area contributed by atoms with Gasteiger partial charge in [-0.3, -0.25) is 4.99 Å². The molecule has 0 spiro atoms. The molecule has 0 bridgehead atoms. The van der Waals surface area contributed by atoms with Crippen LogP contribution in [-0.4, -0.2) is 54.1 Å². The number of rotatable bonds is 10. The first-order valence-corrected chi connectivity index (χ1v) is 8.01. The van der Waals surface area contributed by atoms with Gasteiger partial charge in [-0.25, -0.2) is 0 Å². The summed E-state index contributed by atoms with van der Waals surface area (Å²) in [5, 5.41) is 6.51. The van der Waals surface area contributed by atoms with Gasteiger partial charge in [-0.2, -0.15) is 0 Å². The van der Waals surface area contributed by atoms with Gasteiger partial charge in [0.1, 0.15) is 0 Å². The number of ether oxygens (including phenoxy) is 4. The molecule has 0 saturated heterocycles. The third-order valence-corrected chi connectivity index (χ3v) is 3.37. The van der Waals surface area contributed by atoms with Gasteiger partial charge in [0.15, 0.2) is 17.5 Å². The molecule has 0 atom stereocenters. The Bertz CT molecular complexity index is 496. The van der Waals surface area contributed by atoms with Gasteiger partial charge in [0.05, 0.1) is 21.3 Å². The first-order chi connectivity index (χ1) is 11.7. The van der Waals surface area contributed by atoms with Gasteiger partial charge in [0, 0.05) is 33.4 Å². The van der Waals surface area contributed by atoms with Gasteiger partial charge in [0.25, 0.3) is 0 Å². The molecule has 0 amide bonds. The quantitative estimate of drug-likeness (QED) is 0.385. The first-order valence-electron chi connectivity index (χ1n) is 8.01. The molecule has 0 radical (unpaired) electrons. The van der Waals surface area contributed by atoms with Gasteiger partial charge in [-0.05, 0) is 31.0 Å². The predicted molar refractivity (Wildman–Crippen MR) is 95.4 cm³/mol. The highest BCUT2D eigenvalue weighted by atomic mass is 16.5. The summed E-state index contributed by atoms with van der Waals surface area (Å²) in [6.07, 6.45) is 0.929. The molecule has 1 rings (SSSR count). The Kier molecular flexibility index (Phi) is 9.45. The summed E-state index contributed by atoms with van der Waals surface area (Å²) < 4.78 is 21.4. The van der Waals surface area contributed by atoms with Crippen molar-refractivity contribution in [1.29, 1.82) is 0 Å². The molecule has 7 nitrogen and oxygen atoms in total. The molecule has 0 aromatic heterocycles. The Morgan fingerprint density at radius 3 is 2.21 bits per heavy atom. The molecule has 0 unspecified atom stereocenters. The van der Waals surface area contributed by atoms with Crippen LogP contribution in [0.15, 0.2) is 17.1 Å². The lowest BCUT2D eigenvalue weighted by molar-refractivity contribution is 0.145. The number of aliphatic imine (C=N–C) groups is 1.